The maximum absolute atomic E-state index is 11.9. The van der Waals surface area contributed by atoms with Gasteiger partial charge in [-0.05, 0) is 18.6 Å². The Morgan fingerprint density at radius 2 is 1.96 bits per heavy atom. The van der Waals surface area contributed by atoms with Crippen molar-refractivity contribution in [2.45, 2.75) is 26.3 Å². The van der Waals surface area contributed by atoms with Gasteiger partial charge in [0.05, 0.1) is 21.3 Å². The summed E-state index contributed by atoms with van der Waals surface area (Å²) in [5.74, 6) is 1.12. The average molecular weight is 338 g/mol. The third-order valence-electron chi connectivity index (χ3n) is 3.52. The van der Waals surface area contributed by atoms with Crippen LogP contribution in [-0.2, 0) is 11.3 Å². The normalized spacial score (nSPS) is 11.5. The number of rotatable bonds is 9. The average Bonchev–Trinajstić information content (AvgIpc) is 2.55. The van der Waals surface area contributed by atoms with Crippen LogP contribution in [0, 0.1) is 0 Å². The van der Waals surface area contributed by atoms with Crippen molar-refractivity contribution in [3.63, 3.8) is 0 Å². The number of imide groups is 1. The molecule has 3 N–H and O–H groups in total. The molecule has 0 saturated carbocycles. The summed E-state index contributed by atoms with van der Waals surface area (Å²) in [5.41, 5.74) is 0.969. The van der Waals surface area contributed by atoms with Crippen molar-refractivity contribution in [3.05, 3.63) is 23.8 Å². The van der Waals surface area contributed by atoms with Gasteiger partial charge in [-0.25, -0.2) is 4.79 Å². The molecule has 1 rings (SSSR count). The zero-order chi connectivity index (χ0) is 17.9. The molecule has 0 saturated heterocycles. The second-order valence-electron chi connectivity index (χ2n) is 5.65. The van der Waals surface area contributed by atoms with E-state index in [1.165, 1.54) is 0 Å². The molecule has 7 heteroatoms. The molecule has 3 amide bonds. The van der Waals surface area contributed by atoms with Crippen LogP contribution in [0.15, 0.2) is 18.2 Å². The highest BCUT2D eigenvalue weighted by Gasteiger charge is 2.15. The zero-order valence-electron chi connectivity index (χ0n) is 14.9. The van der Waals surface area contributed by atoms with Crippen LogP contribution in [0.4, 0.5) is 4.79 Å². The van der Waals surface area contributed by atoms with E-state index in [0.29, 0.717) is 18.8 Å². The number of urea groups is 1. The molecule has 1 aromatic rings. The SMILES string of the molecule is CCCCNC(=O)NC(=O)C[NH+](C)Cc1ccc(OC)cc1OC. The van der Waals surface area contributed by atoms with Crippen LogP contribution in [-0.4, -0.2) is 46.3 Å². The van der Waals surface area contributed by atoms with E-state index in [1.54, 1.807) is 14.2 Å². The van der Waals surface area contributed by atoms with Crippen molar-refractivity contribution in [3.8, 4) is 11.5 Å². The van der Waals surface area contributed by atoms with Crippen LogP contribution in [0.25, 0.3) is 0 Å². The van der Waals surface area contributed by atoms with E-state index in [-0.39, 0.29) is 12.5 Å². The fraction of sp³-hybridized carbons (Fsp3) is 0.529. The van der Waals surface area contributed by atoms with Crippen LogP contribution in [0.5, 0.6) is 11.5 Å². The zero-order valence-corrected chi connectivity index (χ0v) is 14.9. The monoisotopic (exact) mass is 338 g/mol. The number of carbonyl (C=O) groups is 2. The number of hydrogen-bond acceptors (Lipinski definition) is 4. The molecule has 7 nitrogen and oxygen atoms in total. The van der Waals surface area contributed by atoms with E-state index in [0.717, 1.165) is 29.1 Å². The number of nitrogens with one attached hydrogen (secondary N) is 3. The summed E-state index contributed by atoms with van der Waals surface area (Å²) in [6.07, 6.45) is 1.88. The molecule has 0 aromatic heterocycles. The minimum absolute atomic E-state index is 0.191. The van der Waals surface area contributed by atoms with Crippen LogP contribution in [0.2, 0.25) is 0 Å². The Labute approximate surface area is 143 Å². The topological polar surface area (TPSA) is 81.1 Å². The molecule has 0 fully saturated rings. The van der Waals surface area contributed by atoms with E-state index in [1.807, 2.05) is 32.2 Å². The molecule has 0 bridgehead atoms. The highest BCUT2D eigenvalue weighted by atomic mass is 16.5. The Hall–Kier alpha value is -2.28. The number of quaternary nitrogens is 1. The van der Waals surface area contributed by atoms with Gasteiger partial charge in [0.15, 0.2) is 6.54 Å². The molecule has 0 heterocycles. The molecule has 0 aliphatic rings. The van der Waals surface area contributed by atoms with E-state index in [2.05, 4.69) is 10.6 Å². The second-order valence-corrected chi connectivity index (χ2v) is 5.65. The Kier molecular flexibility index (Phi) is 8.64. The van der Waals surface area contributed by atoms with Gasteiger partial charge in [0.25, 0.3) is 5.91 Å². The third kappa shape index (κ3) is 6.87. The van der Waals surface area contributed by atoms with Gasteiger partial charge >= 0.3 is 6.03 Å². The van der Waals surface area contributed by atoms with Gasteiger partial charge in [0.1, 0.15) is 18.0 Å². The molecule has 0 radical (unpaired) electrons. The number of likely N-dealkylation sites (N-methyl/N-ethyl adjacent to an activating group) is 1. The van der Waals surface area contributed by atoms with Crippen molar-refractivity contribution < 1.29 is 24.0 Å². The first-order valence-corrected chi connectivity index (χ1v) is 8.10. The first-order chi connectivity index (χ1) is 11.5. The summed E-state index contributed by atoms with van der Waals surface area (Å²) in [7, 11) is 5.08. The van der Waals surface area contributed by atoms with Crippen molar-refractivity contribution in [2.24, 2.45) is 0 Å². The van der Waals surface area contributed by atoms with Gasteiger partial charge in [-0.3, -0.25) is 10.1 Å². The fourth-order valence-corrected chi connectivity index (χ4v) is 2.25. The van der Waals surface area contributed by atoms with Gasteiger partial charge in [0.2, 0.25) is 0 Å². The standard InChI is InChI=1S/C17H27N3O4/c1-5-6-9-18-17(22)19-16(21)12-20(2)11-13-7-8-14(23-3)10-15(13)24-4/h7-8,10H,5-6,9,11-12H2,1-4H3,(H2,18,19,21,22)/p+1. The first-order valence-electron chi connectivity index (χ1n) is 8.10. The van der Waals surface area contributed by atoms with Gasteiger partial charge in [-0.2, -0.15) is 0 Å². The van der Waals surface area contributed by atoms with Crippen molar-refractivity contribution in [1.82, 2.24) is 10.6 Å². The predicted octanol–water partition coefficient (Wildman–Crippen LogP) is 0.344. The minimum Gasteiger partial charge on any atom is -0.497 e. The van der Waals surface area contributed by atoms with Crippen molar-refractivity contribution in [1.29, 1.82) is 0 Å². The van der Waals surface area contributed by atoms with Crippen molar-refractivity contribution in [2.75, 3.05) is 34.4 Å². The maximum Gasteiger partial charge on any atom is 0.321 e. The van der Waals surface area contributed by atoms with Gasteiger partial charge in [-0.1, -0.05) is 13.3 Å². The summed E-state index contributed by atoms with van der Waals surface area (Å²) in [5, 5.41) is 5.00. The lowest BCUT2D eigenvalue weighted by Crippen LogP contribution is -3.09. The molecular formula is C17H28N3O4+. The second kappa shape index (κ2) is 10.5. The molecule has 0 spiro atoms. The molecule has 24 heavy (non-hydrogen) atoms. The first kappa shape index (κ1) is 19.8. The molecule has 134 valence electrons. The van der Waals surface area contributed by atoms with E-state index < -0.39 is 6.03 Å². The lowest BCUT2D eigenvalue weighted by molar-refractivity contribution is -0.885. The van der Waals surface area contributed by atoms with Gasteiger partial charge < -0.3 is 19.7 Å². The number of benzene rings is 1. The Balaban J connectivity index is 2.49. The van der Waals surface area contributed by atoms with E-state index >= 15 is 0 Å². The van der Waals surface area contributed by atoms with Crippen LogP contribution in [0.1, 0.15) is 25.3 Å². The molecule has 1 atom stereocenters. The third-order valence-corrected chi connectivity index (χ3v) is 3.52. The van der Waals surface area contributed by atoms with E-state index in [9.17, 15) is 9.59 Å². The number of methoxy groups -OCH3 is 2. The van der Waals surface area contributed by atoms with Crippen LogP contribution in [0.3, 0.4) is 0 Å². The lowest BCUT2D eigenvalue weighted by Gasteiger charge is -2.16. The highest BCUT2D eigenvalue weighted by molar-refractivity contribution is 5.94. The summed E-state index contributed by atoms with van der Waals surface area (Å²) < 4.78 is 10.5. The number of ether oxygens (including phenoxy) is 2. The Morgan fingerprint density at radius 3 is 2.58 bits per heavy atom. The Morgan fingerprint density at radius 1 is 1.21 bits per heavy atom. The molecule has 0 aliphatic carbocycles. The summed E-state index contributed by atoms with van der Waals surface area (Å²) in [6, 6.07) is 5.13. The maximum atomic E-state index is 11.9. The van der Waals surface area contributed by atoms with Gasteiger partial charge in [-0.15, -0.1) is 0 Å². The number of amides is 3. The van der Waals surface area contributed by atoms with Gasteiger partial charge in [0, 0.05) is 18.2 Å². The Bertz CT molecular complexity index is 549. The number of carbonyl (C=O) groups excluding carboxylic acids is 2. The smallest absolute Gasteiger partial charge is 0.321 e. The molecule has 1 unspecified atom stereocenters. The fourth-order valence-electron chi connectivity index (χ4n) is 2.25. The van der Waals surface area contributed by atoms with Crippen LogP contribution >= 0.6 is 0 Å². The summed E-state index contributed by atoms with van der Waals surface area (Å²) >= 11 is 0. The summed E-state index contributed by atoms with van der Waals surface area (Å²) in [6.45, 7) is 3.40. The lowest BCUT2D eigenvalue weighted by atomic mass is 10.2. The number of hydrogen-bond donors (Lipinski definition) is 3. The molecular weight excluding hydrogens is 310 g/mol. The predicted molar refractivity (Wildman–Crippen MR) is 91.5 cm³/mol. The molecule has 0 aliphatic heterocycles. The highest BCUT2D eigenvalue weighted by Crippen LogP contribution is 2.23. The summed E-state index contributed by atoms with van der Waals surface area (Å²) in [4.78, 5) is 24.4. The minimum atomic E-state index is -0.441. The van der Waals surface area contributed by atoms with E-state index in [4.69, 9.17) is 9.47 Å². The molecule has 1 aromatic carbocycles. The largest absolute Gasteiger partial charge is 0.497 e. The van der Waals surface area contributed by atoms with Crippen molar-refractivity contribution >= 4 is 11.9 Å². The van der Waals surface area contributed by atoms with Crippen LogP contribution < -0.4 is 25.0 Å². The number of unbranched alkanes of at least 4 members (excludes halogenated alkanes) is 1. The quantitative estimate of drug-likeness (QED) is 0.568.